The molecule has 3 nitrogen and oxygen atoms in total. The molecule has 0 spiro atoms. The van der Waals surface area contributed by atoms with Crippen molar-refractivity contribution in [3.05, 3.63) is 35.9 Å². The topological polar surface area (TPSA) is 41.1 Å². The summed E-state index contributed by atoms with van der Waals surface area (Å²) >= 11 is 0. The summed E-state index contributed by atoms with van der Waals surface area (Å²) < 4.78 is 0. The summed E-state index contributed by atoms with van der Waals surface area (Å²) in [5.74, 6) is 0.431. The van der Waals surface area contributed by atoms with E-state index in [0.29, 0.717) is 12.5 Å². The first kappa shape index (κ1) is 14.7. The monoisotopic (exact) mass is 248 g/mol. The zero-order valence-corrected chi connectivity index (χ0v) is 11.6. The first-order valence-electron chi connectivity index (χ1n) is 6.68. The first-order chi connectivity index (χ1) is 8.70. The van der Waals surface area contributed by atoms with Gasteiger partial charge in [0.25, 0.3) is 0 Å². The van der Waals surface area contributed by atoms with Gasteiger partial charge in [-0.2, -0.15) is 0 Å². The third kappa shape index (κ3) is 4.15. The molecule has 2 atom stereocenters. The Balaban J connectivity index is 2.76. The number of carbonyl (C=O) groups excluding carboxylic acids is 1. The molecule has 1 aromatic carbocycles. The zero-order valence-electron chi connectivity index (χ0n) is 11.6. The Hall–Kier alpha value is -1.35. The summed E-state index contributed by atoms with van der Waals surface area (Å²) in [5, 5.41) is 6.03. The molecule has 0 saturated heterocycles. The van der Waals surface area contributed by atoms with Gasteiger partial charge < -0.3 is 10.6 Å². The zero-order chi connectivity index (χ0) is 13.4. The standard InChI is InChI=1S/C15H24N2O/c1-4-12(2)14(13-8-6-5-7-9-13)15(18)17-11-10-16-3/h5-9,12,14,16H,4,10-11H2,1-3H3,(H,17,18). The smallest absolute Gasteiger partial charge is 0.227 e. The van der Waals surface area contributed by atoms with Crippen molar-refractivity contribution in [1.82, 2.24) is 10.6 Å². The maximum Gasteiger partial charge on any atom is 0.227 e. The van der Waals surface area contributed by atoms with Crippen molar-refractivity contribution in [3.63, 3.8) is 0 Å². The Kier molecular flexibility index (Phi) is 6.44. The summed E-state index contributed by atoms with van der Waals surface area (Å²) in [4.78, 5) is 12.3. The molecule has 3 heteroatoms. The number of benzene rings is 1. The normalized spacial score (nSPS) is 13.9. The summed E-state index contributed by atoms with van der Waals surface area (Å²) in [5.41, 5.74) is 1.11. The molecule has 0 aliphatic rings. The third-order valence-corrected chi connectivity index (χ3v) is 3.33. The molecule has 18 heavy (non-hydrogen) atoms. The molecule has 2 N–H and O–H groups in total. The molecule has 0 bridgehead atoms. The van der Waals surface area contributed by atoms with Crippen LogP contribution < -0.4 is 10.6 Å². The van der Waals surface area contributed by atoms with Crippen LogP contribution in [0.3, 0.4) is 0 Å². The molecule has 0 heterocycles. The van der Waals surface area contributed by atoms with Crippen molar-refractivity contribution < 1.29 is 4.79 Å². The van der Waals surface area contributed by atoms with E-state index in [0.717, 1.165) is 18.5 Å². The average Bonchev–Trinajstić information content (AvgIpc) is 2.40. The van der Waals surface area contributed by atoms with Crippen LogP contribution in [0.15, 0.2) is 30.3 Å². The Morgan fingerprint density at radius 3 is 2.44 bits per heavy atom. The number of carbonyl (C=O) groups is 1. The Bertz CT molecular complexity index is 351. The molecule has 0 saturated carbocycles. The number of rotatable bonds is 7. The number of nitrogens with one attached hydrogen (secondary N) is 2. The minimum atomic E-state index is -0.0481. The Morgan fingerprint density at radius 2 is 1.89 bits per heavy atom. The van der Waals surface area contributed by atoms with E-state index in [4.69, 9.17) is 0 Å². The highest BCUT2D eigenvalue weighted by molar-refractivity contribution is 5.83. The lowest BCUT2D eigenvalue weighted by Gasteiger charge is -2.22. The molecule has 1 rings (SSSR count). The second-order valence-corrected chi connectivity index (χ2v) is 4.67. The van der Waals surface area contributed by atoms with Crippen molar-refractivity contribution in [3.8, 4) is 0 Å². The first-order valence-corrected chi connectivity index (χ1v) is 6.68. The molecule has 0 radical (unpaired) electrons. The molecule has 0 aromatic heterocycles. The fraction of sp³-hybridized carbons (Fsp3) is 0.533. The summed E-state index contributed by atoms with van der Waals surface area (Å²) in [6.45, 7) is 5.74. The van der Waals surface area contributed by atoms with Crippen LogP contribution in [0.2, 0.25) is 0 Å². The predicted molar refractivity (Wildman–Crippen MR) is 75.6 cm³/mol. The van der Waals surface area contributed by atoms with Crippen LogP contribution in [0.1, 0.15) is 31.7 Å². The lowest BCUT2D eigenvalue weighted by atomic mass is 9.85. The van der Waals surface area contributed by atoms with E-state index >= 15 is 0 Å². The SMILES string of the molecule is CCC(C)C(C(=O)NCCNC)c1ccccc1. The molecular weight excluding hydrogens is 224 g/mol. The fourth-order valence-corrected chi connectivity index (χ4v) is 2.06. The number of hydrogen-bond acceptors (Lipinski definition) is 2. The van der Waals surface area contributed by atoms with Gasteiger partial charge >= 0.3 is 0 Å². The molecule has 1 amide bonds. The Labute approximate surface area is 110 Å². The van der Waals surface area contributed by atoms with E-state index < -0.39 is 0 Å². The van der Waals surface area contributed by atoms with Crippen LogP contribution in [0.5, 0.6) is 0 Å². The average molecular weight is 248 g/mol. The van der Waals surface area contributed by atoms with Gasteiger partial charge in [-0.1, -0.05) is 50.6 Å². The van der Waals surface area contributed by atoms with Gasteiger partial charge in [-0.15, -0.1) is 0 Å². The van der Waals surface area contributed by atoms with Gasteiger partial charge in [0.1, 0.15) is 0 Å². The third-order valence-electron chi connectivity index (χ3n) is 3.33. The Morgan fingerprint density at radius 1 is 1.22 bits per heavy atom. The summed E-state index contributed by atoms with van der Waals surface area (Å²) in [6.07, 6.45) is 0.999. The van der Waals surface area contributed by atoms with Gasteiger partial charge in [0.2, 0.25) is 5.91 Å². The predicted octanol–water partition coefficient (Wildman–Crippen LogP) is 2.15. The molecule has 100 valence electrons. The van der Waals surface area contributed by atoms with Gasteiger partial charge in [0.15, 0.2) is 0 Å². The highest BCUT2D eigenvalue weighted by atomic mass is 16.1. The lowest BCUT2D eigenvalue weighted by Crippen LogP contribution is -2.36. The van der Waals surface area contributed by atoms with Crippen LogP contribution in [0.25, 0.3) is 0 Å². The van der Waals surface area contributed by atoms with Crippen LogP contribution in [-0.2, 0) is 4.79 Å². The summed E-state index contributed by atoms with van der Waals surface area (Å²) in [6, 6.07) is 10.0. The maximum absolute atomic E-state index is 12.3. The van der Waals surface area contributed by atoms with E-state index in [1.54, 1.807) is 0 Å². The van der Waals surface area contributed by atoms with Crippen molar-refractivity contribution in [2.45, 2.75) is 26.2 Å². The number of hydrogen-bond donors (Lipinski definition) is 2. The van der Waals surface area contributed by atoms with Crippen molar-refractivity contribution in [1.29, 1.82) is 0 Å². The number of amides is 1. The highest BCUT2D eigenvalue weighted by Gasteiger charge is 2.25. The van der Waals surface area contributed by atoms with Gasteiger partial charge in [-0.05, 0) is 18.5 Å². The maximum atomic E-state index is 12.3. The molecular formula is C15H24N2O. The largest absolute Gasteiger partial charge is 0.354 e. The molecule has 0 aliphatic heterocycles. The van der Waals surface area contributed by atoms with E-state index in [9.17, 15) is 4.79 Å². The van der Waals surface area contributed by atoms with Crippen LogP contribution in [-0.4, -0.2) is 26.0 Å². The van der Waals surface area contributed by atoms with Crippen molar-refractivity contribution in [2.75, 3.05) is 20.1 Å². The quantitative estimate of drug-likeness (QED) is 0.726. The molecule has 2 unspecified atom stereocenters. The van der Waals surface area contributed by atoms with E-state index in [1.165, 1.54) is 0 Å². The van der Waals surface area contributed by atoms with Gasteiger partial charge in [-0.25, -0.2) is 0 Å². The second-order valence-electron chi connectivity index (χ2n) is 4.67. The van der Waals surface area contributed by atoms with Crippen LogP contribution in [0.4, 0.5) is 0 Å². The highest BCUT2D eigenvalue weighted by Crippen LogP contribution is 2.26. The van der Waals surface area contributed by atoms with E-state index in [2.05, 4.69) is 24.5 Å². The minimum Gasteiger partial charge on any atom is -0.354 e. The van der Waals surface area contributed by atoms with Gasteiger partial charge in [0.05, 0.1) is 5.92 Å². The fourth-order valence-electron chi connectivity index (χ4n) is 2.06. The molecule has 1 aromatic rings. The number of likely N-dealkylation sites (N-methyl/N-ethyl adjacent to an activating group) is 1. The summed E-state index contributed by atoms with van der Waals surface area (Å²) in [7, 11) is 1.88. The molecule has 0 fully saturated rings. The second kappa shape index (κ2) is 7.88. The van der Waals surface area contributed by atoms with Crippen LogP contribution >= 0.6 is 0 Å². The van der Waals surface area contributed by atoms with Gasteiger partial charge in [0, 0.05) is 13.1 Å². The minimum absolute atomic E-state index is 0.0481. The van der Waals surface area contributed by atoms with Gasteiger partial charge in [-0.3, -0.25) is 4.79 Å². The van der Waals surface area contributed by atoms with Crippen molar-refractivity contribution in [2.24, 2.45) is 5.92 Å². The van der Waals surface area contributed by atoms with Crippen LogP contribution in [0, 0.1) is 5.92 Å². The van der Waals surface area contributed by atoms with Crippen molar-refractivity contribution >= 4 is 5.91 Å². The lowest BCUT2D eigenvalue weighted by molar-refractivity contribution is -0.123. The van der Waals surface area contributed by atoms with E-state index in [1.807, 2.05) is 37.4 Å². The molecule has 0 aliphatic carbocycles. The van der Waals surface area contributed by atoms with E-state index in [-0.39, 0.29) is 11.8 Å².